The smallest absolute Gasteiger partial charge is 0.314 e. The quantitative estimate of drug-likeness (QED) is 0.213. The topological polar surface area (TPSA) is 35.5 Å². The Hall–Kier alpha value is -2.36. The number of carbonyl (C=O) groups excluding carboxylic acids is 1. The predicted molar refractivity (Wildman–Crippen MR) is 123 cm³/mol. The van der Waals surface area contributed by atoms with E-state index in [2.05, 4.69) is 20.8 Å². The van der Waals surface area contributed by atoms with Crippen LogP contribution >= 0.6 is 0 Å². The van der Waals surface area contributed by atoms with Gasteiger partial charge < -0.3 is 9.47 Å². The highest BCUT2D eigenvalue weighted by Gasteiger charge is 2.35. The summed E-state index contributed by atoms with van der Waals surface area (Å²) in [6, 6.07) is 12.3. The summed E-state index contributed by atoms with van der Waals surface area (Å²) >= 11 is 0. The van der Waals surface area contributed by atoms with Gasteiger partial charge in [-0.3, -0.25) is 4.79 Å². The molecule has 0 N–H and O–H groups in total. The summed E-state index contributed by atoms with van der Waals surface area (Å²) in [4.78, 5) is 12.4. The van der Waals surface area contributed by atoms with Crippen molar-refractivity contribution in [3.63, 3.8) is 0 Å². The Kier molecular flexibility index (Phi) is 8.51. The molecule has 1 atom stereocenters. The lowest BCUT2D eigenvalue weighted by Crippen LogP contribution is -2.33. The normalized spacial score (nSPS) is 18.8. The van der Waals surface area contributed by atoms with Crippen LogP contribution in [0.4, 0.5) is 4.39 Å². The molecule has 31 heavy (non-hydrogen) atoms. The van der Waals surface area contributed by atoms with Gasteiger partial charge in [-0.1, -0.05) is 71.1 Å². The minimum Gasteiger partial charge on any atom is -0.490 e. The highest BCUT2D eigenvalue weighted by atomic mass is 19.1. The van der Waals surface area contributed by atoms with E-state index in [1.54, 1.807) is 18.2 Å². The Labute approximate surface area is 186 Å². The number of esters is 1. The third-order valence-corrected chi connectivity index (χ3v) is 6.34. The van der Waals surface area contributed by atoms with Crippen LogP contribution in [-0.4, -0.2) is 12.6 Å². The molecule has 0 amide bonds. The number of unbranched alkanes of at least 4 members (excludes halogenated alkanes) is 2. The lowest BCUT2D eigenvalue weighted by atomic mass is 9.72. The fourth-order valence-corrected chi connectivity index (χ4v) is 3.91. The fraction of sp³-hybridized carbons (Fsp3) is 0.519. The minimum absolute atomic E-state index is 0.0309. The summed E-state index contributed by atoms with van der Waals surface area (Å²) in [6.07, 6.45) is 7.89. The SMILES string of the molecule is CCCCCC1CC(C(=O)Oc2ccc(-c3ccc(OC[C@@H](C)CC)c(F)c3)cc2)C1. The molecular formula is C27H35FO3. The van der Waals surface area contributed by atoms with Crippen molar-refractivity contribution in [3.8, 4) is 22.6 Å². The molecule has 0 unspecified atom stereocenters. The van der Waals surface area contributed by atoms with Gasteiger partial charge in [-0.15, -0.1) is 0 Å². The highest BCUT2D eigenvalue weighted by molar-refractivity contribution is 5.76. The van der Waals surface area contributed by atoms with Crippen LogP contribution in [0.3, 0.4) is 0 Å². The van der Waals surface area contributed by atoms with E-state index in [0.717, 1.165) is 30.4 Å². The molecule has 1 aliphatic carbocycles. The monoisotopic (exact) mass is 426 g/mol. The average molecular weight is 427 g/mol. The van der Waals surface area contributed by atoms with Gasteiger partial charge in [-0.25, -0.2) is 4.39 Å². The lowest BCUT2D eigenvalue weighted by Gasteiger charge is -2.33. The molecule has 1 saturated carbocycles. The molecule has 0 bridgehead atoms. The molecule has 0 heterocycles. The van der Waals surface area contributed by atoms with Crippen LogP contribution in [0.15, 0.2) is 42.5 Å². The van der Waals surface area contributed by atoms with Crippen LogP contribution in [-0.2, 0) is 4.79 Å². The molecule has 1 fully saturated rings. The van der Waals surface area contributed by atoms with Crippen molar-refractivity contribution in [2.24, 2.45) is 17.8 Å². The summed E-state index contributed by atoms with van der Waals surface area (Å²) < 4.78 is 25.6. The number of rotatable bonds is 11. The average Bonchev–Trinajstić information content (AvgIpc) is 2.74. The van der Waals surface area contributed by atoms with Crippen molar-refractivity contribution in [1.29, 1.82) is 0 Å². The summed E-state index contributed by atoms with van der Waals surface area (Å²) in [5, 5.41) is 0. The summed E-state index contributed by atoms with van der Waals surface area (Å²) in [7, 11) is 0. The summed E-state index contributed by atoms with van der Waals surface area (Å²) in [5.41, 5.74) is 1.63. The number of halogens is 1. The first-order valence-electron chi connectivity index (χ1n) is 11.7. The molecular weight excluding hydrogens is 391 g/mol. The first kappa shape index (κ1) is 23.3. The Morgan fingerprint density at radius 1 is 1.06 bits per heavy atom. The minimum atomic E-state index is -0.366. The third kappa shape index (κ3) is 6.56. The second-order valence-electron chi connectivity index (χ2n) is 8.95. The van der Waals surface area contributed by atoms with Crippen LogP contribution in [0.2, 0.25) is 0 Å². The van der Waals surface area contributed by atoms with Crippen molar-refractivity contribution in [2.75, 3.05) is 6.61 Å². The van der Waals surface area contributed by atoms with Crippen molar-refractivity contribution in [3.05, 3.63) is 48.3 Å². The Balaban J connectivity index is 1.51. The first-order valence-corrected chi connectivity index (χ1v) is 11.7. The van der Waals surface area contributed by atoms with E-state index in [9.17, 15) is 9.18 Å². The maximum absolute atomic E-state index is 14.4. The molecule has 2 aromatic rings. The van der Waals surface area contributed by atoms with E-state index < -0.39 is 0 Å². The maximum atomic E-state index is 14.4. The number of carbonyl (C=O) groups is 1. The second kappa shape index (κ2) is 11.3. The fourth-order valence-electron chi connectivity index (χ4n) is 3.91. The van der Waals surface area contributed by atoms with Gasteiger partial charge in [0.15, 0.2) is 11.6 Å². The Morgan fingerprint density at radius 3 is 2.42 bits per heavy atom. The van der Waals surface area contributed by atoms with E-state index >= 15 is 0 Å². The van der Waals surface area contributed by atoms with Crippen LogP contribution in [0.1, 0.15) is 65.7 Å². The van der Waals surface area contributed by atoms with Gasteiger partial charge in [0.1, 0.15) is 5.75 Å². The van der Waals surface area contributed by atoms with E-state index in [1.807, 2.05) is 18.2 Å². The van der Waals surface area contributed by atoms with E-state index in [-0.39, 0.29) is 23.5 Å². The zero-order chi connectivity index (χ0) is 22.2. The van der Waals surface area contributed by atoms with Gasteiger partial charge in [0, 0.05) is 0 Å². The molecule has 168 valence electrons. The zero-order valence-corrected chi connectivity index (χ0v) is 19.0. The van der Waals surface area contributed by atoms with E-state index in [1.165, 1.54) is 31.7 Å². The van der Waals surface area contributed by atoms with E-state index in [4.69, 9.17) is 9.47 Å². The number of benzene rings is 2. The molecule has 3 rings (SSSR count). The van der Waals surface area contributed by atoms with E-state index in [0.29, 0.717) is 24.2 Å². The van der Waals surface area contributed by atoms with Crippen molar-refractivity contribution in [1.82, 2.24) is 0 Å². The molecule has 0 aliphatic heterocycles. The first-order chi connectivity index (χ1) is 15.0. The van der Waals surface area contributed by atoms with Gasteiger partial charge in [0.25, 0.3) is 0 Å². The molecule has 0 spiro atoms. The zero-order valence-electron chi connectivity index (χ0n) is 19.0. The Bertz CT molecular complexity index is 840. The highest BCUT2D eigenvalue weighted by Crippen LogP contribution is 2.38. The number of ether oxygens (including phenoxy) is 2. The van der Waals surface area contributed by atoms with Gasteiger partial charge in [-0.05, 0) is 60.1 Å². The molecule has 0 radical (unpaired) electrons. The molecule has 2 aromatic carbocycles. The second-order valence-corrected chi connectivity index (χ2v) is 8.95. The lowest BCUT2D eigenvalue weighted by molar-refractivity contribution is -0.143. The van der Waals surface area contributed by atoms with Crippen LogP contribution in [0.5, 0.6) is 11.5 Å². The van der Waals surface area contributed by atoms with Crippen LogP contribution in [0, 0.1) is 23.6 Å². The predicted octanol–water partition coefficient (Wildman–Crippen LogP) is 7.43. The van der Waals surface area contributed by atoms with Crippen molar-refractivity contribution >= 4 is 5.97 Å². The van der Waals surface area contributed by atoms with Crippen molar-refractivity contribution in [2.45, 2.75) is 65.7 Å². The summed E-state index contributed by atoms with van der Waals surface area (Å²) in [6.45, 7) is 6.89. The molecule has 3 nitrogen and oxygen atoms in total. The van der Waals surface area contributed by atoms with Gasteiger partial charge >= 0.3 is 5.97 Å². The van der Waals surface area contributed by atoms with Gasteiger partial charge in [0.2, 0.25) is 0 Å². The standard InChI is InChI=1S/C27H35FO3/c1-4-6-7-8-20-15-23(16-20)27(29)31-24-12-9-21(10-13-24)22-11-14-26(25(28)17-22)30-18-19(3)5-2/h9-14,17,19-20,23H,4-8,15-16,18H2,1-3H3/t19-,20?,23?/m0/s1. The molecule has 4 heteroatoms. The largest absolute Gasteiger partial charge is 0.490 e. The van der Waals surface area contributed by atoms with Gasteiger partial charge in [-0.2, -0.15) is 0 Å². The van der Waals surface area contributed by atoms with Crippen LogP contribution in [0.25, 0.3) is 11.1 Å². The molecule has 1 aliphatic rings. The van der Waals surface area contributed by atoms with Crippen molar-refractivity contribution < 1.29 is 18.7 Å². The van der Waals surface area contributed by atoms with Gasteiger partial charge in [0.05, 0.1) is 12.5 Å². The molecule has 0 aromatic heterocycles. The summed E-state index contributed by atoms with van der Waals surface area (Å²) in [5.74, 6) is 1.42. The molecule has 0 saturated heterocycles. The maximum Gasteiger partial charge on any atom is 0.314 e. The van der Waals surface area contributed by atoms with Crippen LogP contribution < -0.4 is 9.47 Å². The number of hydrogen-bond donors (Lipinski definition) is 0. The number of hydrogen-bond acceptors (Lipinski definition) is 3. The third-order valence-electron chi connectivity index (χ3n) is 6.34. The Morgan fingerprint density at radius 2 is 1.77 bits per heavy atom.